The van der Waals surface area contributed by atoms with Crippen molar-refractivity contribution < 1.29 is 0 Å². The Labute approximate surface area is 201 Å². The minimum Gasteiger partial charge on any atom is -0.383 e. The molecule has 1 N–H and O–H groups in total. The molecule has 33 heavy (non-hydrogen) atoms. The second-order valence-electron chi connectivity index (χ2n) is 7.83. The molecular weight excluding hydrogens is 457 g/mol. The number of pyridine rings is 2. The van der Waals surface area contributed by atoms with Crippen LogP contribution >= 0.6 is 23.2 Å². The third kappa shape index (κ3) is 4.75. The van der Waals surface area contributed by atoms with Gasteiger partial charge in [0.1, 0.15) is 0 Å². The first kappa shape index (κ1) is 21.6. The highest BCUT2D eigenvalue weighted by atomic mass is 35.5. The molecular formula is C24H21Cl2N7. The Kier molecular flexibility index (Phi) is 6.09. The average molecular weight is 478 g/mol. The van der Waals surface area contributed by atoms with Crippen molar-refractivity contribution in [2.45, 2.75) is 6.54 Å². The summed E-state index contributed by atoms with van der Waals surface area (Å²) in [4.78, 5) is 11.0. The standard InChI is InChI=1S/C24H21Cl2N7/c1-32(11-10-29-21-6-8-27-22-12-16(25)2-4-19(21)22)14-18-15-33(31-30-18)24-7-9-28-23-13-17(26)3-5-20(23)24/h2-9,12-13,15H,10-11,14H2,1H3,(H,27,29). The van der Waals surface area contributed by atoms with E-state index in [1.165, 1.54) is 0 Å². The van der Waals surface area contributed by atoms with Crippen LogP contribution in [0.1, 0.15) is 5.69 Å². The molecule has 2 aromatic carbocycles. The Morgan fingerprint density at radius 2 is 1.61 bits per heavy atom. The SMILES string of the molecule is CN(CCNc1ccnc2cc(Cl)ccc12)Cc1cn(-c2ccnc3cc(Cl)ccc23)nn1. The summed E-state index contributed by atoms with van der Waals surface area (Å²) in [6.07, 6.45) is 5.50. The quantitative estimate of drug-likeness (QED) is 0.346. The fourth-order valence-corrected chi connectivity index (χ4v) is 4.14. The van der Waals surface area contributed by atoms with Gasteiger partial charge in [0.15, 0.2) is 0 Å². The van der Waals surface area contributed by atoms with E-state index in [0.29, 0.717) is 16.6 Å². The molecule has 166 valence electrons. The summed E-state index contributed by atoms with van der Waals surface area (Å²) in [5.41, 5.74) is 4.56. The van der Waals surface area contributed by atoms with Crippen LogP contribution in [-0.2, 0) is 6.54 Å². The van der Waals surface area contributed by atoms with Crippen LogP contribution < -0.4 is 5.32 Å². The Balaban J connectivity index is 1.23. The van der Waals surface area contributed by atoms with Gasteiger partial charge in [-0.2, -0.15) is 0 Å². The number of hydrogen-bond acceptors (Lipinski definition) is 6. The Bertz CT molecular complexity index is 1430. The molecule has 0 radical (unpaired) electrons. The van der Waals surface area contributed by atoms with Crippen LogP contribution in [0.25, 0.3) is 27.5 Å². The molecule has 3 heterocycles. The highest BCUT2D eigenvalue weighted by Gasteiger charge is 2.10. The van der Waals surface area contributed by atoms with Crippen LogP contribution in [0.2, 0.25) is 10.0 Å². The summed E-state index contributed by atoms with van der Waals surface area (Å²) in [6.45, 7) is 2.30. The van der Waals surface area contributed by atoms with Crippen molar-refractivity contribution in [1.82, 2.24) is 29.9 Å². The van der Waals surface area contributed by atoms with Crippen molar-refractivity contribution in [3.05, 3.63) is 82.9 Å². The zero-order valence-corrected chi connectivity index (χ0v) is 19.4. The molecule has 5 rings (SSSR count). The van der Waals surface area contributed by atoms with Gasteiger partial charge in [-0.3, -0.25) is 14.9 Å². The number of hydrogen-bond donors (Lipinski definition) is 1. The second kappa shape index (κ2) is 9.31. The first-order chi connectivity index (χ1) is 16.1. The predicted molar refractivity (Wildman–Crippen MR) is 133 cm³/mol. The lowest BCUT2D eigenvalue weighted by atomic mass is 10.2. The first-order valence-electron chi connectivity index (χ1n) is 10.5. The van der Waals surface area contributed by atoms with E-state index in [4.69, 9.17) is 23.2 Å². The number of benzene rings is 2. The summed E-state index contributed by atoms with van der Waals surface area (Å²) in [6, 6.07) is 15.3. The normalized spacial score (nSPS) is 11.5. The molecule has 0 aliphatic rings. The van der Waals surface area contributed by atoms with Gasteiger partial charge in [-0.15, -0.1) is 5.10 Å². The molecule has 0 aliphatic carbocycles. The van der Waals surface area contributed by atoms with Crippen LogP contribution in [-0.4, -0.2) is 50.0 Å². The summed E-state index contributed by atoms with van der Waals surface area (Å²) in [5.74, 6) is 0. The molecule has 0 amide bonds. The van der Waals surface area contributed by atoms with Crippen molar-refractivity contribution in [3.63, 3.8) is 0 Å². The van der Waals surface area contributed by atoms with Gasteiger partial charge in [0.25, 0.3) is 0 Å². The second-order valence-corrected chi connectivity index (χ2v) is 8.70. The van der Waals surface area contributed by atoms with Crippen molar-refractivity contribution in [1.29, 1.82) is 0 Å². The maximum Gasteiger partial charge on any atom is 0.0971 e. The van der Waals surface area contributed by atoms with E-state index in [0.717, 1.165) is 52.0 Å². The first-order valence-corrected chi connectivity index (χ1v) is 11.2. The molecule has 7 nitrogen and oxygen atoms in total. The zero-order chi connectivity index (χ0) is 22.8. The molecule has 0 atom stereocenters. The van der Waals surface area contributed by atoms with Crippen molar-refractivity contribution >= 4 is 50.7 Å². The Hall–Kier alpha value is -3.26. The Morgan fingerprint density at radius 3 is 2.39 bits per heavy atom. The summed E-state index contributed by atoms with van der Waals surface area (Å²) in [7, 11) is 2.06. The third-order valence-corrected chi connectivity index (χ3v) is 5.89. The van der Waals surface area contributed by atoms with Crippen LogP contribution in [0.5, 0.6) is 0 Å². The van der Waals surface area contributed by atoms with Gasteiger partial charge in [-0.25, -0.2) is 4.68 Å². The molecule has 5 aromatic rings. The van der Waals surface area contributed by atoms with Gasteiger partial charge < -0.3 is 5.32 Å². The van der Waals surface area contributed by atoms with Crippen LogP contribution in [0.3, 0.4) is 0 Å². The number of nitrogens with one attached hydrogen (secondary N) is 1. The molecule has 0 saturated heterocycles. The number of fused-ring (bicyclic) bond motifs is 2. The lowest BCUT2D eigenvalue weighted by molar-refractivity contribution is 0.335. The molecule has 9 heteroatoms. The van der Waals surface area contributed by atoms with Gasteiger partial charge in [-0.1, -0.05) is 28.4 Å². The molecule has 0 aliphatic heterocycles. The van der Waals surface area contributed by atoms with Crippen LogP contribution in [0.15, 0.2) is 67.1 Å². The van der Waals surface area contributed by atoms with E-state index in [1.807, 2.05) is 54.7 Å². The zero-order valence-electron chi connectivity index (χ0n) is 17.9. The highest BCUT2D eigenvalue weighted by molar-refractivity contribution is 6.31. The summed E-state index contributed by atoms with van der Waals surface area (Å²) >= 11 is 12.2. The topological polar surface area (TPSA) is 71.8 Å². The van der Waals surface area contributed by atoms with Gasteiger partial charge >= 0.3 is 0 Å². The van der Waals surface area contributed by atoms with Crippen molar-refractivity contribution in [2.24, 2.45) is 0 Å². The summed E-state index contributed by atoms with van der Waals surface area (Å²) in [5, 5.41) is 15.5. The van der Waals surface area contributed by atoms with Gasteiger partial charge in [0, 0.05) is 58.5 Å². The minimum absolute atomic E-state index is 0.658. The van der Waals surface area contributed by atoms with Gasteiger partial charge in [-0.05, 0) is 55.6 Å². The van der Waals surface area contributed by atoms with E-state index >= 15 is 0 Å². The predicted octanol–water partition coefficient (Wildman–Crippen LogP) is 5.21. The molecule has 0 unspecified atom stereocenters. The maximum absolute atomic E-state index is 6.10. The van der Waals surface area contributed by atoms with Crippen LogP contribution in [0, 0.1) is 0 Å². The molecule has 0 bridgehead atoms. The van der Waals surface area contributed by atoms with E-state index in [1.54, 1.807) is 17.1 Å². The number of aromatic nitrogens is 5. The van der Waals surface area contributed by atoms with Crippen molar-refractivity contribution in [2.75, 3.05) is 25.5 Å². The molecule has 3 aromatic heterocycles. The molecule has 0 spiro atoms. The lowest BCUT2D eigenvalue weighted by Gasteiger charge is -2.16. The fourth-order valence-electron chi connectivity index (χ4n) is 3.81. The minimum atomic E-state index is 0.658. The lowest BCUT2D eigenvalue weighted by Crippen LogP contribution is -2.25. The monoisotopic (exact) mass is 477 g/mol. The van der Waals surface area contributed by atoms with E-state index < -0.39 is 0 Å². The molecule has 0 saturated carbocycles. The average Bonchev–Trinajstić information content (AvgIpc) is 3.26. The van der Waals surface area contributed by atoms with Gasteiger partial charge in [0.2, 0.25) is 0 Å². The van der Waals surface area contributed by atoms with E-state index in [2.05, 4.69) is 37.5 Å². The van der Waals surface area contributed by atoms with Crippen molar-refractivity contribution in [3.8, 4) is 5.69 Å². The number of anilines is 1. The van der Waals surface area contributed by atoms with Crippen LogP contribution in [0.4, 0.5) is 5.69 Å². The number of likely N-dealkylation sites (N-methyl/N-ethyl adjacent to an activating group) is 1. The third-order valence-electron chi connectivity index (χ3n) is 5.42. The number of halogens is 2. The smallest absolute Gasteiger partial charge is 0.0971 e. The number of rotatable bonds is 7. The fraction of sp³-hybridized carbons (Fsp3) is 0.167. The van der Waals surface area contributed by atoms with E-state index in [-0.39, 0.29) is 0 Å². The highest BCUT2D eigenvalue weighted by Crippen LogP contribution is 2.25. The maximum atomic E-state index is 6.10. The van der Waals surface area contributed by atoms with E-state index in [9.17, 15) is 0 Å². The summed E-state index contributed by atoms with van der Waals surface area (Å²) < 4.78 is 1.79. The molecule has 0 fully saturated rings. The van der Waals surface area contributed by atoms with Gasteiger partial charge in [0.05, 0.1) is 28.6 Å². The largest absolute Gasteiger partial charge is 0.383 e. The Morgan fingerprint density at radius 1 is 0.909 bits per heavy atom. The number of nitrogens with zero attached hydrogens (tertiary/aromatic N) is 6.